The molecule has 3 aromatic heterocycles. The molecule has 5 heteroatoms. The zero-order chi connectivity index (χ0) is 9.71. The topological polar surface area (TPSA) is 39.0 Å². The maximum atomic E-state index is 4.34. The number of aromatic nitrogens is 5. The Bertz CT molecular complexity index is 618. The summed E-state index contributed by atoms with van der Waals surface area (Å²) in [4.78, 5) is 8.61. The van der Waals surface area contributed by atoms with Crippen molar-refractivity contribution >= 4 is 16.8 Å². The number of nitrogens with zero attached hydrogens (tertiary/aromatic N) is 5. The molecule has 0 atom stereocenters. The summed E-state index contributed by atoms with van der Waals surface area (Å²) >= 11 is 0. The Balaban J connectivity index is 2.68. The molecule has 0 bridgehead atoms. The molecular formula is C9H10N5+. The van der Waals surface area contributed by atoms with Crippen molar-refractivity contribution in [3.8, 4) is 0 Å². The molecule has 5 nitrogen and oxygen atoms in total. The Kier molecular flexibility index (Phi) is 1.24. The van der Waals surface area contributed by atoms with E-state index in [4.69, 9.17) is 0 Å². The van der Waals surface area contributed by atoms with Gasteiger partial charge >= 0.3 is 0 Å². The summed E-state index contributed by atoms with van der Waals surface area (Å²) in [6.45, 7) is 0. The SMILES string of the molecule is Cn1cnc2c3nccn3c[n+](C)c21. The minimum atomic E-state index is 0.902. The van der Waals surface area contributed by atoms with Crippen LogP contribution in [0.3, 0.4) is 0 Å². The first kappa shape index (κ1) is 7.49. The van der Waals surface area contributed by atoms with E-state index in [9.17, 15) is 0 Å². The van der Waals surface area contributed by atoms with Crippen LogP contribution in [0, 0.1) is 0 Å². The van der Waals surface area contributed by atoms with Crippen LogP contribution in [-0.4, -0.2) is 18.9 Å². The Hall–Kier alpha value is -1.91. The second kappa shape index (κ2) is 2.31. The van der Waals surface area contributed by atoms with Gasteiger partial charge in [-0.25, -0.2) is 18.9 Å². The highest BCUT2D eigenvalue weighted by molar-refractivity contribution is 5.82. The van der Waals surface area contributed by atoms with Crippen molar-refractivity contribution in [1.29, 1.82) is 0 Å². The largest absolute Gasteiger partial charge is 0.260 e. The highest BCUT2D eigenvalue weighted by Crippen LogP contribution is 2.11. The van der Waals surface area contributed by atoms with Gasteiger partial charge in [-0.2, -0.15) is 0 Å². The number of fused-ring (bicyclic) bond motifs is 3. The van der Waals surface area contributed by atoms with E-state index in [0.717, 1.165) is 16.8 Å². The van der Waals surface area contributed by atoms with E-state index in [1.54, 1.807) is 12.5 Å². The number of imidazole rings is 2. The Morgan fingerprint density at radius 1 is 1.36 bits per heavy atom. The average molecular weight is 188 g/mol. The van der Waals surface area contributed by atoms with E-state index in [1.165, 1.54) is 0 Å². The van der Waals surface area contributed by atoms with Gasteiger partial charge in [-0.15, -0.1) is 0 Å². The second-order valence-electron chi connectivity index (χ2n) is 3.41. The summed E-state index contributed by atoms with van der Waals surface area (Å²) in [6, 6.07) is 0. The molecule has 0 N–H and O–H groups in total. The lowest BCUT2D eigenvalue weighted by Crippen LogP contribution is -2.31. The Morgan fingerprint density at radius 2 is 2.21 bits per heavy atom. The lowest BCUT2D eigenvalue weighted by atomic mass is 10.5. The second-order valence-corrected chi connectivity index (χ2v) is 3.41. The molecular weight excluding hydrogens is 178 g/mol. The van der Waals surface area contributed by atoms with Crippen LogP contribution in [-0.2, 0) is 14.1 Å². The molecule has 3 heterocycles. The first-order valence-electron chi connectivity index (χ1n) is 4.39. The predicted molar refractivity (Wildman–Crippen MR) is 50.6 cm³/mol. The third-order valence-electron chi connectivity index (χ3n) is 2.42. The van der Waals surface area contributed by atoms with Gasteiger partial charge in [-0.1, -0.05) is 0 Å². The monoisotopic (exact) mass is 188 g/mol. The third kappa shape index (κ3) is 0.761. The summed E-state index contributed by atoms with van der Waals surface area (Å²) < 4.78 is 6.00. The molecule has 3 aromatic rings. The fraction of sp³-hybridized carbons (Fsp3) is 0.222. The van der Waals surface area contributed by atoms with E-state index >= 15 is 0 Å². The van der Waals surface area contributed by atoms with Crippen molar-refractivity contribution in [3.05, 3.63) is 25.0 Å². The molecule has 3 rings (SSSR count). The minimum absolute atomic E-state index is 0.902. The molecule has 0 spiro atoms. The molecule has 0 unspecified atom stereocenters. The molecule has 0 amide bonds. The molecule has 0 aromatic carbocycles. The lowest BCUT2D eigenvalue weighted by molar-refractivity contribution is -0.651. The molecule has 0 saturated heterocycles. The molecule has 0 fully saturated rings. The van der Waals surface area contributed by atoms with Crippen LogP contribution in [0.4, 0.5) is 0 Å². The first-order chi connectivity index (χ1) is 6.77. The standard InChI is InChI=1S/C9H10N5/c1-12-5-11-7-8-10-3-4-14(8)6-13(2)9(7)12/h3-6H,1-2H3/q+1. The van der Waals surface area contributed by atoms with Crippen molar-refractivity contribution in [2.45, 2.75) is 0 Å². The van der Waals surface area contributed by atoms with Gasteiger partial charge in [-0.3, -0.25) is 4.57 Å². The minimum Gasteiger partial charge on any atom is -0.251 e. The van der Waals surface area contributed by atoms with Crippen LogP contribution in [0.25, 0.3) is 16.8 Å². The summed E-state index contributed by atoms with van der Waals surface area (Å²) in [5.41, 5.74) is 2.91. The maximum Gasteiger partial charge on any atom is 0.260 e. The van der Waals surface area contributed by atoms with E-state index in [-0.39, 0.29) is 0 Å². The van der Waals surface area contributed by atoms with Gasteiger partial charge in [-0.05, 0) is 0 Å². The number of aryl methyl sites for hydroxylation is 2. The normalized spacial score (nSPS) is 11.6. The summed E-state index contributed by atoms with van der Waals surface area (Å²) in [7, 11) is 3.98. The summed E-state index contributed by atoms with van der Waals surface area (Å²) in [5, 5.41) is 0. The Morgan fingerprint density at radius 3 is 3.07 bits per heavy atom. The van der Waals surface area contributed by atoms with Crippen molar-refractivity contribution in [3.63, 3.8) is 0 Å². The molecule has 0 aliphatic carbocycles. The quantitative estimate of drug-likeness (QED) is 0.467. The Labute approximate surface area is 80.2 Å². The number of hydrogen-bond donors (Lipinski definition) is 0. The van der Waals surface area contributed by atoms with Crippen molar-refractivity contribution < 1.29 is 4.57 Å². The van der Waals surface area contributed by atoms with E-state index < -0.39 is 0 Å². The van der Waals surface area contributed by atoms with Gasteiger partial charge in [0, 0.05) is 0 Å². The predicted octanol–water partition coefficient (Wildman–Crippen LogP) is 0.0455. The van der Waals surface area contributed by atoms with Crippen molar-refractivity contribution in [2.24, 2.45) is 14.1 Å². The molecule has 14 heavy (non-hydrogen) atoms. The first-order valence-corrected chi connectivity index (χ1v) is 4.39. The highest BCUT2D eigenvalue weighted by atomic mass is 15.2. The van der Waals surface area contributed by atoms with E-state index in [1.807, 2.05) is 40.2 Å². The zero-order valence-corrected chi connectivity index (χ0v) is 8.05. The number of rotatable bonds is 0. The molecule has 0 saturated carbocycles. The van der Waals surface area contributed by atoms with Crippen LogP contribution in [0.2, 0.25) is 0 Å². The maximum absolute atomic E-state index is 4.34. The molecule has 0 radical (unpaired) electrons. The van der Waals surface area contributed by atoms with Gasteiger partial charge < -0.3 is 0 Å². The average Bonchev–Trinajstić information content (AvgIpc) is 2.71. The third-order valence-corrected chi connectivity index (χ3v) is 2.42. The van der Waals surface area contributed by atoms with Crippen LogP contribution in [0.5, 0.6) is 0 Å². The highest BCUT2D eigenvalue weighted by Gasteiger charge is 2.14. The summed E-state index contributed by atoms with van der Waals surface area (Å²) in [6.07, 6.45) is 7.50. The summed E-state index contributed by atoms with van der Waals surface area (Å²) in [5.74, 6) is 0. The molecule has 70 valence electrons. The van der Waals surface area contributed by atoms with Crippen LogP contribution in [0.15, 0.2) is 25.0 Å². The lowest BCUT2D eigenvalue weighted by Gasteiger charge is -1.96. The van der Waals surface area contributed by atoms with Crippen molar-refractivity contribution in [2.75, 3.05) is 0 Å². The van der Waals surface area contributed by atoms with Crippen LogP contribution >= 0.6 is 0 Å². The van der Waals surface area contributed by atoms with Gasteiger partial charge in [0.1, 0.15) is 0 Å². The van der Waals surface area contributed by atoms with E-state index in [0.29, 0.717) is 0 Å². The van der Waals surface area contributed by atoms with Crippen LogP contribution < -0.4 is 4.57 Å². The van der Waals surface area contributed by atoms with Gasteiger partial charge in [0.25, 0.3) is 5.65 Å². The number of hydrogen-bond acceptors (Lipinski definition) is 2. The zero-order valence-electron chi connectivity index (χ0n) is 8.05. The van der Waals surface area contributed by atoms with Gasteiger partial charge in [0.15, 0.2) is 18.2 Å². The van der Waals surface area contributed by atoms with Crippen molar-refractivity contribution in [1.82, 2.24) is 18.9 Å². The van der Waals surface area contributed by atoms with Gasteiger partial charge in [0.05, 0.1) is 26.5 Å². The van der Waals surface area contributed by atoms with Gasteiger partial charge in [0.2, 0.25) is 5.65 Å². The van der Waals surface area contributed by atoms with Crippen LogP contribution in [0.1, 0.15) is 0 Å². The fourth-order valence-electron chi connectivity index (χ4n) is 1.83. The smallest absolute Gasteiger partial charge is 0.251 e. The molecule has 0 aliphatic rings. The fourth-order valence-corrected chi connectivity index (χ4v) is 1.83. The molecule has 0 aliphatic heterocycles. The van der Waals surface area contributed by atoms with E-state index in [2.05, 4.69) is 9.97 Å².